The molecule has 0 saturated heterocycles. The van der Waals surface area contributed by atoms with E-state index in [9.17, 15) is 0 Å². The lowest BCUT2D eigenvalue weighted by molar-refractivity contribution is 0.305. The Morgan fingerprint density at radius 1 is 1.42 bits per heavy atom. The van der Waals surface area contributed by atoms with Gasteiger partial charge in [-0.25, -0.2) is 0 Å². The summed E-state index contributed by atoms with van der Waals surface area (Å²) in [4.78, 5) is 0. The Bertz CT molecular complexity index is 388. The standard InChI is InChI=1S/C15H22BrNOS/c1-2-19-15-7-6-13(11-15)17-8-9-18-14-5-3-4-12(16)10-14/h3-5,10,13,15,17H,2,6-9,11H2,1H3. The Labute approximate surface area is 128 Å². The van der Waals surface area contributed by atoms with Gasteiger partial charge in [0, 0.05) is 22.3 Å². The molecule has 1 aromatic carbocycles. The van der Waals surface area contributed by atoms with E-state index in [1.807, 2.05) is 24.3 Å². The molecule has 4 heteroatoms. The highest BCUT2D eigenvalue weighted by Gasteiger charge is 2.23. The summed E-state index contributed by atoms with van der Waals surface area (Å²) in [5.41, 5.74) is 0. The second-order valence-corrected chi connectivity index (χ2v) is 7.34. The number of rotatable bonds is 7. The van der Waals surface area contributed by atoms with Crippen LogP contribution < -0.4 is 10.1 Å². The Kier molecular flexibility index (Phi) is 6.54. The van der Waals surface area contributed by atoms with Gasteiger partial charge in [-0.3, -0.25) is 0 Å². The van der Waals surface area contributed by atoms with Crippen molar-refractivity contribution in [3.63, 3.8) is 0 Å². The van der Waals surface area contributed by atoms with E-state index in [0.717, 1.165) is 28.6 Å². The fourth-order valence-corrected chi connectivity index (χ4v) is 4.02. The van der Waals surface area contributed by atoms with Crippen molar-refractivity contribution in [3.8, 4) is 5.75 Å². The lowest BCUT2D eigenvalue weighted by atomic mass is 10.2. The molecule has 1 aliphatic carbocycles. The summed E-state index contributed by atoms with van der Waals surface area (Å²) < 4.78 is 6.79. The van der Waals surface area contributed by atoms with Crippen LogP contribution in [0, 0.1) is 0 Å². The van der Waals surface area contributed by atoms with Crippen molar-refractivity contribution in [3.05, 3.63) is 28.7 Å². The second kappa shape index (κ2) is 8.18. The van der Waals surface area contributed by atoms with E-state index in [1.54, 1.807) is 0 Å². The number of hydrogen-bond donors (Lipinski definition) is 1. The molecule has 0 aliphatic heterocycles. The van der Waals surface area contributed by atoms with Crippen molar-refractivity contribution in [2.24, 2.45) is 0 Å². The molecule has 0 radical (unpaired) electrons. The summed E-state index contributed by atoms with van der Waals surface area (Å²) in [7, 11) is 0. The number of ether oxygens (including phenoxy) is 1. The van der Waals surface area contributed by atoms with Crippen molar-refractivity contribution in [1.29, 1.82) is 0 Å². The molecule has 1 fully saturated rings. The van der Waals surface area contributed by atoms with Gasteiger partial charge in [0.25, 0.3) is 0 Å². The van der Waals surface area contributed by atoms with Crippen LogP contribution in [0.15, 0.2) is 28.7 Å². The van der Waals surface area contributed by atoms with Crippen molar-refractivity contribution in [2.75, 3.05) is 18.9 Å². The van der Waals surface area contributed by atoms with Gasteiger partial charge < -0.3 is 10.1 Å². The number of hydrogen-bond acceptors (Lipinski definition) is 3. The Morgan fingerprint density at radius 2 is 2.32 bits per heavy atom. The molecule has 1 saturated carbocycles. The zero-order valence-corrected chi connectivity index (χ0v) is 13.8. The van der Waals surface area contributed by atoms with Crippen LogP contribution in [0.5, 0.6) is 5.75 Å². The lowest BCUT2D eigenvalue weighted by Crippen LogP contribution is -2.30. The van der Waals surface area contributed by atoms with Crippen LogP contribution in [0.3, 0.4) is 0 Å². The molecule has 2 nitrogen and oxygen atoms in total. The van der Waals surface area contributed by atoms with Crippen molar-refractivity contribution < 1.29 is 4.74 Å². The molecule has 106 valence electrons. The third-order valence-electron chi connectivity index (χ3n) is 3.39. The van der Waals surface area contributed by atoms with Gasteiger partial charge in [0.15, 0.2) is 0 Å². The SMILES string of the molecule is CCSC1CCC(NCCOc2cccc(Br)c2)C1. The van der Waals surface area contributed by atoms with E-state index >= 15 is 0 Å². The van der Waals surface area contributed by atoms with Crippen LogP contribution in [0.4, 0.5) is 0 Å². The maximum Gasteiger partial charge on any atom is 0.120 e. The van der Waals surface area contributed by atoms with Crippen LogP contribution in [0.2, 0.25) is 0 Å². The van der Waals surface area contributed by atoms with Crippen LogP contribution in [0.25, 0.3) is 0 Å². The summed E-state index contributed by atoms with van der Waals surface area (Å²) in [5, 5.41) is 4.47. The number of thioether (sulfide) groups is 1. The minimum absolute atomic E-state index is 0.690. The summed E-state index contributed by atoms with van der Waals surface area (Å²) in [6.45, 7) is 3.91. The third-order valence-corrected chi connectivity index (χ3v) is 5.11. The van der Waals surface area contributed by atoms with Gasteiger partial charge in [-0.1, -0.05) is 28.9 Å². The van der Waals surface area contributed by atoms with Crippen molar-refractivity contribution in [1.82, 2.24) is 5.32 Å². The molecular weight excluding hydrogens is 322 g/mol. The molecule has 0 bridgehead atoms. The third kappa shape index (κ3) is 5.36. The Hall–Kier alpha value is -0.190. The number of halogens is 1. The molecule has 0 amide bonds. The van der Waals surface area contributed by atoms with Gasteiger partial charge in [-0.2, -0.15) is 11.8 Å². The minimum atomic E-state index is 0.690. The first-order chi connectivity index (χ1) is 9.28. The van der Waals surface area contributed by atoms with E-state index in [4.69, 9.17) is 4.74 Å². The van der Waals surface area contributed by atoms with Gasteiger partial charge in [-0.05, 0) is 43.2 Å². The summed E-state index contributed by atoms with van der Waals surface area (Å²) in [6.07, 6.45) is 3.99. The average molecular weight is 344 g/mol. The number of benzene rings is 1. The largest absolute Gasteiger partial charge is 0.492 e. The Morgan fingerprint density at radius 3 is 3.11 bits per heavy atom. The smallest absolute Gasteiger partial charge is 0.120 e. The van der Waals surface area contributed by atoms with Crippen LogP contribution in [-0.4, -0.2) is 30.2 Å². The topological polar surface area (TPSA) is 21.3 Å². The lowest BCUT2D eigenvalue weighted by Gasteiger charge is -2.13. The predicted molar refractivity (Wildman–Crippen MR) is 87.2 cm³/mol. The van der Waals surface area contributed by atoms with Gasteiger partial charge in [0.05, 0.1) is 0 Å². The Balaban J connectivity index is 1.60. The first kappa shape index (κ1) is 15.2. The van der Waals surface area contributed by atoms with Crippen molar-refractivity contribution in [2.45, 2.75) is 37.5 Å². The fraction of sp³-hybridized carbons (Fsp3) is 0.600. The highest BCUT2D eigenvalue weighted by molar-refractivity contribution is 9.10. The highest BCUT2D eigenvalue weighted by atomic mass is 79.9. The van der Waals surface area contributed by atoms with E-state index in [2.05, 4.69) is 39.9 Å². The normalized spacial score (nSPS) is 22.6. The predicted octanol–water partition coefficient (Wildman–Crippen LogP) is 4.09. The van der Waals surface area contributed by atoms with E-state index in [0.29, 0.717) is 6.04 Å². The van der Waals surface area contributed by atoms with Gasteiger partial charge in [0.2, 0.25) is 0 Å². The average Bonchev–Trinajstić information content (AvgIpc) is 2.83. The van der Waals surface area contributed by atoms with Crippen LogP contribution >= 0.6 is 27.7 Å². The molecular formula is C15H22BrNOS. The monoisotopic (exact) mass is 343 g/mol. The molecule has 0 spiro atoms. The zero-order chi connectivity index (χ0) is 13.5. The molecule has 0 heterocycles. The molecule has 2 unspecified atom stereocenters. The summed E-state index contributed by atoms with van der Waals surface area (Å²) in [5.74, 6) is 2.17. The molecule has 2 atom stereocenters. The van der Waals surface area contributed by atoms with Crippen molar-refractivity contribution >= 4 is 27.7 Å². The second-order valence-electron chi connectivity index (χ2n) is 4.85. The van der Waals surface area contributed by atoms with E-state index < -0.39 is 0 Å². The first-order valence-corrected chi connectivity index (χ1v) is 8.85. The van der Waals surface area contributed by atoms with Crippen LogP contribution in [-0.2, 0) is 0 Å². The molecule has 2 rings (SSSR count). The fourth-order valence-electron chi connectivity index (χ4n) is 2.50. The number of nitrogens with one attached hydrogen (secondary N) is 1. The molecule has 1 aromatic rings. The van der Waals surface area contributed by atoms with Gasteiger partial charge in [-0.15, -0.1) is 0 Å². The molecule has 1 N–H and O–H groups in total. The van der Waals surface area contributed by atoms with Crippen LogP contribution in [0.1, 0.15) is 26.2 Å². The first-order valence-electron chi connectivity index (χ1n) is 7.01. The van der Waals surface area contributed by atoms with Gasteiger partial charge >= 0.3 is 0 Å². The zero-order valence-electron chi connectivity index (χ0n) is 11.4. The maximum atomic E-state index is 5.72. The highest BCUT2D eigenvalue weighted by Crippen LogP contribution is 2.29. The minimum Gasteiger partial charge on any atom is -0.492 e. The van der Waals surface area contributed by atoms with E-state index in [1.165, 1.54) is 25.0 Å². The molecule has 1 aliphatic rings. The molecule has 0 aromatic heterocycles. The molecule has 19 heavy (non-hydrogen) atoms. The van der Waals surface area contributed by atoms with Gasteiger partial charge in [0.1, 0.15) is 12.4 Å². The maximum absolute atomic E-state index is 5.72. The quantitative estimate of drug-likeness (QED) is 0.753. The summed E-state index contributed by atoms with van der Waals surface area (Å²) >= 11 is 5.55. The summed E-state index contributed by atoms with van der Waals surface area (Å²) in [6, 6.07) is 8.69. The van der Waals surface area contributed by atoms with E-state index in [-0.39, 0.29) is 0 Å².